The second kappa shape index (κ2) is 7.19. The molecule has 2 rings (SSSR count). The summed E-state index contributed by atoms with van der Waals surface area (Å²) in [5.74, 6) is 0.553. The van der Waals surface area contributed by atoms with Gasteiger partial charge in [0.1, 0.15) is 6.54 Å². The minimum atomic E-state index is -0.385. The Bertz CT molecular complexity index is 494. The van der Waals surface area contributed by atoms with Crippen molar-refractivity contribution < 1.29 is 18.8 Å². The molecule has 7 nitrogen and oxygen atoms in total. The third-order valence-corrected chi connectivity index (χ3v) is 3.74. The molecule has 0 aromatic carbocycles. The van der Waals surface area contributed by atoms with E-state index >= 15 is 0 Å². The molecule has 1 aliphatic carbocycles. The number of aryl methyl sites for hydroxylation is 2. The van der Waals surface area contributed by atoms with Crippen molar-refractivity contribution in [1.82, 2.24) is 15.0 Å². The van der Waals surface area contributed by atoms with E-state index in [2.05, 4.69) is 14.9 Å². The molecule has 116 valence electrons. The molecule has 21 heavy (non-hydrogen) atoms. The highest BCUT2D eigenvalue weighted by Gasteiger charge is 2.28. The average molecular weight is 295 g/mol. The van der Waals surface area contributed by atoms with Crippen LogP contribution in [0.5, 0.6) is 0 Å². The highest BCUT2D eigenvalue weighted by atomic mass is 16.5. The fourth-order valence-electron chi connectivity index (χ4n) is 2.64. The first-order valence-corrected chi connectivity index (χ1v) is 7.25. The molecule has 0 N–H and O–H groups in total. The maximum absolute atomic E-state index is 12.4. The van der Waals surface area contributed by atoms with Crippen molar-refractivity contribution in [2.45, 2.75) is 51.5 Å². The Labute approximate surface area is 123 Å². The van der Waals surface area contributed by atoms with Crippen LogP contribution in [0.15, 0.2) is 4.52 Å². The van der Waals surface area contributed by atoms with Gasteiger partial charge in [0.2, 0.25) is 11.8 Å². The number of amides is 1. The normalized spacial score (nSPS) is 15.1. The second-order valence-corrected chi connectivity index (χ2v) is 5.27. The van der Waals surface area contributed by atoms with Gasteiger partial charge in [-0.15, -0.1) is 0 Å². The Balaban J connectivity index is 1.94. The summed E-state index contributed by atoms with van der Waals surface area (Å²) >= 11 is 0. The van der Waals surface area contributed by atoms with E-state index in [1.165, 1.54) is 7.11 Å². The number of nitrogens with zero attached hydrogens (tertiary/aromatic N) is 3. The summed E-state index contributed by atoms with van der Waals surface area (Å²) in [4.78, 5) is 29.6. The number of carbonyl (C=O) groups is 2. The van der Waals surface area contributed by atoms with Crippen molar-refractivity contribution in [1.29, 1.82) is 0 Å². The van der Waals surface area contributed by atoms with E-state index < -0.39 is 0 Å². The van der Waals surface area contributed by atoms with Gasteiger partial charge in [-0.3, -0.25) is 9.59 Å². The summed E-state index contributed by atoms with van der Waals surface area (Å²) in [6.07, 6.45) is 4.74. The van der Waals surface area contributed by atoms with Crippen LogP contribution in [-0.4, -0.2) is 46.6 Å². The van der Waals surface area contributed by atoms with Gasteiger partial charge in [0.15, 0.2) is 5.82 Å². The number of carbonyl (C=O) groups excluding carboxylic acids is 2. The zero-order valence-corrected chi connectivity index (χ0v) is 12.5. The standard InChI is InChI=1S/C14H21N3O4/c1-10-15-12(21-16-10)7-8-13(18)17(9-14(19)20-2)11-5-3-4-6-11/h11H,3-9H2,1-2H3. The van der Waals surface area contributed by atoms with Crippen molar-refractivity contribution in [2.24, 2.45) is 0 Å². The number of hydrogen-bond donors (Lipinski definition) is 0. The van der Waals surface area contributed by atoms with Crippen molar-refractivity contribution in [3.05, 3.63) is 11.7 Å². The van der Waals surface area contributed by atoms with Gasteiger partial charge in [0.25, 0.3) is 0 Å². The summed E-state index contributed by atoms with van der Waals surface area (Å²) in [6, 6.07) is 0.140. The van der Waals surface area contributed by atoms with E-state index in [1.807, 2.05) is 0 Å². The van der Waals surface area contributed by atoms with Crippen LogP contribution in [0.3, 0.4) is 0 Å². The van der Waals surface area contributed by atoms with Crippen molar-refractivity contribution in [2.75, 3.05) is 13.7 Å². The highest BCUT2D eigenvalue weighted by molar-refractivity contribution is 5.82. The van der Waals surface area contributed by atoms with E-state index in [9.17, 15) is 9.59 Å². The molecule has 0 aliphatic heterocycles. The number of esters is 1. The fraction of sp³-hybridized carbons (Fsp3) is 0.714. The first-order valence-electron chi connectivity index (χ1n) is 7.25. The molecular formula is C14H21N3O4. The topological polar surface area (TPSA) is 85.5 Å². The lowest BCUT2D eigenvalue weighted by atomic mass is 10.1. The van der Waals surface area contributed by atoms with Crippen LogP contribution < -0.4 is 0 Å². The van der Waals surface area contributed by atoms with Gasteiger partial charge in [-0.05, 0) is 19.8 Å². The number of rotatable bonds is 6. The molecule has 1 aromatic heterocycles. The Morgan fingerprint density at radius 3 is 2.67 bits per heavy atom. The van der Waals surface area contributed by atoms with E-state index in [4.69, 9.17) is 4.52 Å². The smallest absolute Gasteiger partial charge is 0.325 e. The summed E-state index contributed by atoms with van der Waals surface area (Å²) < 4.78 is 9.68. The molecule has 1 heterocycles. The quantitative estimate of drug-likeness (QED) is 0.734. The molecule has 1 aliphatic rings. The Hall–Kier alpha value is -1.92. The molecule has 1 fully saturated rings. The van der Waals surface area contributed by atoms with E-state index in [0.717, 1.165) is 25.7 Å². The summed E-state index contributed by atoms with van der Waals surface area (Å²) in [5, 5.41) is 3.69. The van der Waals surface area contributed by atoms with Crippen LogP contribution >= 0.6 is 0 Å². The van der Waals surface area contributed by atoms with Gasteiger partial charge < -0.3 is 14.2 Å². The maximum Gasteiger partial charge on any atom is 0.325 e. The molecule has 7 heteroatoms. The largest absolute Gasteiger partial charge is 0.468 e. The molecule has 1 amide bonds. The molecule has 0 bridgehead atoms. The van der Waals surface area contributed by atoms with Crippen molar-refractivity contribution in [3.8, 4) is 0 Å². The third-order valence-electron chi connectivity index (χ3n) is 3.74. The van der Waals surface area contributed by atoms with Crippen LogP contribution in [0.2, 0.25) is 0 Å². The predicted molar refractivity (Wildman–Crippen MR) is 73.3 cm³/mol. The summed E-state index contributed by atoms with van der Waals surface area (Å²) in [6.45, 7) is 1.75. The van der Waals surface area contributed by atoms with Gasteiger partial charge >= 0.3 is 5.97 Å². The number of hydrogen-bond acceptors (Lipinski definition) is 6. The lowest BCUT2D eigenvalue weighted by Crippen LogP contribution is -2.42. The average Bonchev–Trinajstić information content (AvgIpc) is 3.13. The monoisotopic (exact) mass is 295 g/mol. The molecule has 0 atom stereocenters. The van der Waals surface area contributed by atoms with Gasteiger partial charge in [-0.25, -0.2) is 0 Å². The maximum atomic E-state index is 12.4. The molecule has 0 spiro atoms. The van der Waals surface area contributed by atoms with Gasteiger partial charge in [-0.1, -0.05) is 18.0 Å². The van der Waals surface area contributed by atoms with Crippen LogP contribution in [-0.2, 0) is 20.7 Å². The van der Waals surface area contributed by atoms with Crippen LogP contribution in [0.4, 0.5) is 0 Å². The molecular weight excluding hydrogens is 274 g/mol. The van der Waals surface area contributed by atoms with Gasteiger partial charge in [-0.2, -0.15) is 4.98 Å². The van der Waals surface area contributed by atoms with Gasteiger partial charge in [0.05, 0.1) is 7.11 Å². The second-order valence-electron chi connectivity index (χ2n) is 5.27. The SMILES string of the molecule is COC(=O)CN(C(=O)CCc1nc(C)no1)C1CCCC1. The zero-order valence-electron chi connectivity index (χ0n) is 12.5. The number of ether oxygens (including phenoxy) is 1. The molecule has 1 aromatic rings. The third kappa shape index (κ3) is 4.27. The Kier molecular flexibility index (Phi) is 5.30. The van der Waals surface area contributed by atoms with Crippen LogP contribution in [0.25, 0.3) is 0 Å². The van der Waals surface area contributed by atoms with Crippen molar-refractivity contribution >= 4 is 11.9 Å². The first kappa shape index (κ1) is 15.5. The fourth-order valence-corrected chi connectivity index (χ4v) is 2.64. The highest BCUT2D eigenvalue weighted by Crippen LogP contribution is 2.24. The van der Waals surface area contributed by atoms with Crippen molar-refractivity contribution in [3.63, 3.8) is 0 Å². The molecule has 0 radical (unpaired) electrons. The Morgan fingerprint density at radius 1 is 1.38 bits per heavy atom. The van der Waals surface area contributed by atoms with E-state index in [1.54, 1.807) is 11.8 Å². The summed E-state index contributed by atoms with van der Waals surface area (Å²) in [7, 11) is 1.33. The Morgan fingerprint density at radius 2 is 2.10 bits per heavy atom. The number of methoxy groups -OCH3 is 1. The summed E-state index contributed by atoms with van der Waals surface area (Å²) in [5.41, 5.74) is 0. The minimum absolute atomic E-state index is 0.0167. The molecule has 0 saturated heterocycles. The predicted octanol–water partition coefficient (Wildman–Crippen LogP) is 1.25. The first-order chi connectivity index (χ1) is 10.1. The van der Waals surface area contributed by atoms with E-state index in [0.29, 0.717) is 18.1 Å². The lowest BCUT2D eigenvalue weighted by molar-refractivity contribution is -0.148. The van der Waals surface area contributed by atoms with E-state index in [-0.39, 0.29) is 30.9 Å². The van der Waals surface area contributed by atoms with Crippen LogP contribution in [0.1, 0.15) is 43.8 Å². The molecule has 0 unspecified atom stereocenters. The zero-order chi connectivity index (χ0) is 15.2. The number of aromatic nitrogens is 2. The molecule has 1 saturated carbocycles. The van der Waals surface area contributed by atoms with Crippen LogP contribution in [0, 0.1) is 6.92 Å². The minimum Gasteiger partial charge on any atom is -0.468 e. The van der Waals surface area contributed by atoms with Gasteiger partial charge in [0, 0.05) is 18.9 Å². The lowest BCUT2D eigenvalue weighted by Gasteiger charge is -2.27.